The molecule has 1 rings (SSSR count). The van der Waals surface area contributed by atoms with E-state index in [1.165, 1.54) is 0 Å². The first kappa shape index (κ1) is 10.1. The van der Waals surface area contributed by atoms with Crippen molar-refractivity contribution in [3.8, 4) is 0 Å². The summed E-state index contributed by atoms with van der Waals surface area (Å²) in [6.07, 6.45) is 1.79. The average Bonchev–Trinajstić information content (AvgIpc) is 2.15. The van der Waals surface area contributed by atoms with Crippen LogP contribution in [0.1, 0.15) is 19.5 Å². The predicted octanol–water partition coefficient (Wildman–Crippen LogP) is 2.15. The molecule has 0 aromatic carbocycles. The Labute approximate surface area is 84.4 Å². The quantitative estimate of drug-likeness (QED) is 0.746. The van der Waals surface area contributed by atoms with E-state index in [-0.39, 0.29) is 0 Å². The minimum atomic E-state index is 0.402. The summed E-state index contributed by atoms with van der Waals surface area (Å²) in [6.45, 7) is 4.87. The second-order valence-corrected chi connectivity index (χ2v) is 3.63. The zero-order chi connectivity index (χ0) is 9.68. The highest BCUT2D eigenvalue weighted by Crippen LogP contribution is 1.97. The molecule has 0 aliphatic heterocycles. The molecular weight excluding hydrogens is 180 g/mol. The maximum Gasteiger partial charge on any atom is 0.0782 e. The van der Waals surface area contributed by atoms with Crippen molar-refractivity contribution in [3.05, 3.63) is 30.1 Å². The van der Waals surface area contributed by atoms with E-state index >= 15 is 0 Å². The summed E-state index contributed by atoms with van der Waals surface area (Å²) in [5.41, 5.74) is 1.02. The lowest BCUT2D eigenvalue weighted by Crippen LogP contribution is -2.25. The van der Waals surface area contributed by atoms with Gasteiger partial charge < -0.3 is 5.32 Å². The molecule has 3 heteroatoms. The lowest BCUT2D eigenvalue weighted by atomic mass is 10.2. The molecule has 1 aromatic heterocycles. The van der Waals surface area contributed by atoms with E-state index in [0.717, 1.165) is 17.2 Å². The van der Waals surface area contributed by atoms with Gasteiger partial charge in [0.15, 0.2) is 0 Å². The topological polar surface area (TPSA) is 24.9 Å². The minimum Gasteiger partial charge on any atom is -0.374 e. The molecule has 0 aliphatic rings. The maximum absolute atomic E-state index is 5.14. The van der Waals surface area contributed by atoms with Crippen LogP contribution < -0.4 is 5.32 Å². The molecule has 0 amide bonds. The molecule has 0 aliphatic carbocycles. The smallest absolute Gasteiger partial charge is 0.0782 e. The minimum absolute atomic E-state index is 0.402. The van der Waals surface area contributed by atoms with E-state index in [4.69, 9.17) is 12.2 Å². The molecule has 0 spiro atoms. The molecule has 0 bridgehead atoms. The van der Waals surface area contributed by atoms with E-state index in [0.29, 0.717) is 5.92 Å². The molecule has 0 fully saturated rings. The summed E-state index contributed by atoms with van der Waals surface area (Å²) in [7, 11) is 0. The van der Waals surface area contributed by atoms with Crippen molar-refractivity contribution in [2.24, 2.45) is 5.92 Å². The predicted molar refractivity (Wildman–Crippen MR) is 58.5 cm³/mol. The van der Waals surface area contributed by atoms with Crippen molar-refractivity contribution in [1.82, 2.24) is 10.3 Å². The number of aromatic nitrogens is 1. The second-order valence-electron chi connectivity index (χ2n) is 3.19. The Morgan fingerprint density at radius 2 is 2.31 bits per heavy atom. The van der Waals surface area contributed by atoms with Crippen LogP contribution in [-0.2, 0) is 6.54 Å². The summed E-state index contributed by atoms with van der Waals surface area (Å²) >= 11 is 5.14. The van der Waals surface area contributed by atoms with E-state index in [9.17, 15) is 0 Å². The molecule has 0 radical (unpaired) electrons. The van der Waals surface area contributed by atoms with Gasteiger partial charge >= 0.3 is 0 Å². The van der Waals surface area contributed by atoms with E-state index in [1.54, 1.807) is 6.20 Å². The molecule has 1 aromatic rings. The van der Waals surface area contributed by atoms with Crippen LogP contribution >= 0.6 is 12.2 Å². The van der Waals surface area contributed by atoms with Crippen LogP contribution in [0.2, 0.25) is 0 Å². The molecule has 0 saturated carbocycles. The van der Waals surface area contributed by atoms with E-state index in [2.05, 4.69) is 24.1 Å². The van der Waals surface area contributed by atoms with Gasteiger partial charge in [-0.1, -0.05) is 32.1 Å². The Balaban J connectivity index is 2.40. The summed E-state index contributed by atoms with van der Waals surface area (Å²) in [5, 5.41) is 3.17. The Bertz CT molecular complexity index is 270. The van der Waals surface area contributed by atoms with E-state index in [1.807, 2.05) is 18.2 Å². The van der Waals surface area contributed by atoms with Crippen LogP contribution in [0.15, 0.2) is 24.4 Å². The lowest BCUT2D eigenvalue weighted by Gasteiger charge is -2.09. The summed E-state index contributed by atoms with van der Waals surface area (Å²) in [6, 6.07) is 5.86. The highest BCUT2D eigenvalue weighted by Gasteiger charge is 2.01. The third-order valence-electron chi connectivity index (χ3n) is 1.69. The molecule has 2 nitrogen and oxygen atoms in total. The lowest BCUT2D eigenvalue weighted by molar-refractivity contribution is 0.796. The van der Waals surface area contributed by atoms with Gasteiger partial charge in [0.05, 0.1) is 17.2 Å². The number of rotatable bonds is 3. The van der Waals surface area contributed by atoms with Crippen LogP contribution in [0.3, 0.4) is 0 Å². The van der Waals surface area contributed by atoms with Crippen molar-refractivity contribution in [2.75, 3.05) is 0 Å². The fourth-order valence-corrected chi connectivity index (χ4v) is 0.957. The third-order valence-corrected chi connectivity index (χ3v) is 2.31. The largest absolute Gasteiger partial charge is 0.374 e. The van der Waals surface area contributed by atoms with Gasteiger partial charge in [-0.05, 0) is 12.1 Å². The third kappa shape index (κ3) is 3.51. The number of pyridine rings is 1. The molecule has 70 valence electrons. The van der Waals surface area contributed by atoms with Gasteiger partial charge in [0.1, 0.15) is 0 Å². The first-order chi connectivity index (χ1) is 6.20. The molecule has 1 N–H and O–H groups in total. The van der Waals surface area contributed by atoms with Crippen LogP contribution in [0.5, 0.6) is 0 Å². The Morgan fingerprint density at radius 3 is 2.85 bits per heavy atom. The Kier molecular flexibility index (Phi) is 3.83. The molecule has 0 atom stereocenters. The standard InChI is InChI=1S/C10H14N2S/c1-8(2)10(13)12-7-9-5-3-4-6-11-9/h3-6,8H,7H2,1-2H3,(H,12,13). The fourth-order valence-electron chi connectivity index (χ4n) is 0.884. The van der Waals surface area contributed by atoms with Gasteiger partial charge in [0, 0.05) is 12.1 Å². The van der Waals surface area contributed by atoms with Gasteiger partial charge in [0.2, 0.25) is 0 Å². The summed E-state index contributed by atoms with van der Waals surface area (Å²) < 4.78 is 0. The van der Waals surface area contributed by atoms with Crippen LogP contribution in [0.25, 0.3) is 0 Å². The highest BCUT2D eigenvalue weighted by atomic mass is 32.1. The van der Waals surface area contributed by atoms with Gasteiger partial charge in [-0.3, -0.25) is 4.98 Å². The van der Waals surface area contributed by atoms with Gasteiger partial charge in [0.25, 0.3) is 0 Å². The van der Waals surface area contributed by atoms with E-state index < -0.39 is 0 Å². The van der Waals surface area contributed by atoms with Crippen molar-refractivity contribution in [1.29, 1.82) is 0 Å². The van der Waals surface area contributed by atoms with Crippen LogP contribution in [0.4, 0.5) is 0 Å². The first-order valence-corrected chi connectivity index (χ1v) is 4.78. The zero-order valence-electron chi connectivity index (χ0n) is 7.95. The highest BCUT2D eigenvalue weighted by molar-refractivity contribution is 7.80. The maximum atomic E-state index is 5.14. The number of hydrogen-bond donors (Lipinski definition) is 1. The van der Waals surface area contributed by atoms with Crippen molar-refractivity contribution in [3.63, 3.8) is 0 Å². The zero-order valence-corrected chi connectivity index (χ0v) is 8.77. The number of nitrogens with one attached hydrogen (secondary N) is 1. The van der Waals surface area contributed by atoms with Crippen LogP contribution in [0, 0.1) is 5.92 Å². The van der Waals surface area contributed by atoms with Crippen molar-refractivity contribution >= 4 is 17.2 Å². The van der Waals surface area contributed by atoms with Crippen LogP contribution in [-0.4, -0.2) is 9.97 Å². The Morgan fingerprint density at radius 1 is 1.54 bits per heavy atom. The molecule has 0 unspecified atom stereocenters. The fraction of sp³-hybridized carbons (Fsp3) is 0.400. The number of nitrogens with zero attached hydrogens (tertiary/aromatic N) is 1. The molecule has 1 heterocycles. The second kappa shape index (κ2) is 4.92. The van der Waals surface area contributed by atoms with Gasteiger partial charge in [-0.25, -0.2) is 0 Å². The SMILES string of the molecule is CC(C)C(=S)NCc1ccccn1. The van der Waals surface area contributed by atoms with Gasteiger partial charge in [-0.15, -0.1) is 0 Å². The summed E-state index contributed by atoms with van der Waals surface area (Å²) in [5.74, 6) is 0.402. The Hall–Kier alpha value is -0.960. The summed E-state index contributed by atoms with van der Waals surface area (Å²) in [4.78, 5) is 5.08. The van der Waals surface area contributed by atoms with Crippen molar-refractivity contribution < 1.29 is 0 Å². The monoisotopic (exact) mass is 194 g/mol. The first-order valence-electron chi connectivity index (χ1n) is 4.38. The normalized spacial score (nSPS) is 10.1. The number of hydrogen-bond acceptors (Lipinski definition) is 2. The number of thiocarbonyl (C=S) groups is 1. The van der Waals surface area contributed by atoms with Crippen molar-refractivity contribution in [2.45, 2.75) is 20.4 Å². The molecule has 13 heavy (non-hydrogen) atoms. The van der Waals surface area contributed by atoms with Gasteiger partial charge in [-0.2, -0.15) is 0 Å². The molecule has 0 saturated heterocycles. The molecular formula is C10H14N2S. The average molecular weight is 194 g/mol.